The van der Waals surface area contributed by atoms with Gasteiger partial charge in [-0.25, -0.2) is 4.79 Å². The van der Waals surface area contributed by atoms with E-state index in [0.717, 1.165) is 4.90 Å². The van der Waals surface area contributed by atoms with Gasteiger partial charge in [0, 0.05) is 20.4 Å². The van der Waals surface area contributed by atoms with E-state index in [-0.39, 0.29) is 25.3 Å². The second-order valence-electron chi connectivity index (χ2n) is 3.84. The van der Waals surface area contributed by atoms with Crippen LogP contribution in [0.5, 0.6) is 0 Å². The molecule has 0 heterocycles. The van der Waals surface area contributed by atoms with Crippen LogP contribution in [0.3, 0.4) is 0 Å². The number of nitrogens with zero attached hydrogens (tertiary/aromatic N) is 1. The maximum atomic E-state index is 11.4. The Morgan fingerprint density at radius 3 is 2.28 bits per heavy atom. The molecule has 4 N–H and O–H groups in total. The van der Waals surface area contributed by atoms with Crippen molar-refractivity contribution in [3.05, 3.63) is 0 Å². The lowest BCUT2D eigenvalue weighted by Crippen LogP contribution is -2.46. The molecule has 0 aliphatic carbocycles. The molecular weight excluding hydrogens is 242 g/mol. The van der Waals surface area contributed by atoms with Gasteiger partial charge in [0.15, 0.2) is 0 Å². The number of hydrogen-bond acceptors (Lipinski definition) is 4. The van der Waals surface area contributed by atoms with Crippen molar-refractivity contribution in [3.63, 3.8) is 0 Å². The minimum absolute atomic E-state index is 0.0831. The Morgan fingerprint density at radius 1 is 1.33 bits per heavy atom. The van der Waals surface area contributed by atoms with Crippen molar-refractivity contribution in [1.29, 1.82) is 0 Å². The van der Waals surface area contributed by atoms with Crippen LogP contribution in [0.1, 0.15) is 19.8 Å². The van der Waals surface area contributed by atoms with Gasteiger partial charge >= 0.3 is 5.97 Å². The molecule has 8 heteroatoms. The quantitative estimate of drug-likeness (QED) is 0.501. The van der Waals surface area contributed by atoms with Crippen LogP contribution in [0.4, 0.5) is 0 Å². The number of carboxylic acid groups (broad SMARTS) is 1. The second kappa shape index (κ2) is 7.25. The number of hydrogen-bond donors (Lipinski definition) is 3. The van der Waals surface area contributed by atoms with Crippen LogP contribution >= 0.6 is 0 Å². The van der Waals surface area contributed by atoms with Crippen LogP contribution in [0.25, 0.3) is 0 Å². The normalized spacial score (nSPS) is 11.4. The maximum Gasteiger partial charge on any atom is 0.326 e. The predicted octanol–water partition coefficient (Wildman–Crippen LogP) is -1.70. The highest BCUT2D eigenvalue weighted by atomic mass is 16.4. The summed E-state index contributed by atoms with van der Waals surface area (Å²) in [7, 11) is 1.42. The van der Waals surface area contributed by atoms with E-state index < -0.39 is 23.8 Å². The third-order valence-corrected chi connectivity index (χ3v) is 2.23. The number of primary amides is 1. The zero-order valence-electron chi connectivity index (χ0n) is 10.3. The first kappa shape index (κ1) is 15.9. The Bertz CT molecular complexity index is 355. The van der Waals surface area contributed by atoms with Crippen LogP contribution in [-0.4, -0.2) is 53.3 Å². The van der Waals surface area contributed by atoms with Crippen molar-refractivity contribution in [3.8, 4) is 0 Å². The molecule has 0 rings (SSSR count). The van der Waals surface area contributed by atoms with Crippen molar-refractivity contribution >= 4 is 23.7 Å². The first-order valence-electron chi connectivity index (χ1n) is 5.26. The summed E-state index contributed by atoms with van der Waals surface area (Å²) in [6.45, 7) is 1.05. The van der Waals surface area contributed by atoms with Gasteiger partial charge in [-0.05, 0) is 6.42 Å². The molecule has 1 atom stereocenters. The van der Waals surface area contributed by atoms with E-state index >= 15 is 0 Å². The topological polar surface area (TPSA) is 130 Å². The summed E-state index contributed by atoms with van der Waals surface area (Å²) < 4.78 is 0. The standard InChI is InChI=1S/C10H17N3O5/c1-6(14)13(2)5-9(16)12-7(10(17)18)3-4-8(11)15/h7H,3-5H2,1-2H3,(H2,11,15)(H,12,16)(H,17,18)/t7-/m1/s1. The number of carbonyl (C=O) groups is 4. The summed E-state index contributed by atoms with van der Waals surface area (Å²) in [4.78, 5) is 44.8. The number of nitrogens with one attached hydrogen (secondary N) is 1. The molecule has 0 fully saturated rings. The van der Waals surface area contributed by atoms with Crippen molar-refractivity contribution < 1.29 is 24.3 Å². The minimum atomic E-state index is -1.25. The summed E-state index contributed by atoms with van der Waals surface area (Å²) >= 11 is 0. The van der Waals surface area contributed by atoms with Gasteiger partial charge in [0.05, 0.1) is 6.54 Å². The van der Waals surface area contributed by atoms with Crippen LogP contribution in [0.15, 0.2) is 0 Å². The van der Waals surface area contributed by atoms with Gasteiger partial charge in [0.1, 0.15) is 6.04 Å². The smallest absolute Gasteiger partial charge is 0.326 e. The summed E-state index contributed by atoms with van der Waals surface area (Å²) in [6, 6.07) is -1.19. The lowest BCUT2D eigenvalue weighted by Gasteiger charge is -2.17. The molecule has 0 saturated heterocycles. The van der Waals surface area contributed by atoms with Gasteiger partial charge in [0.2, 0.25) is 17.7 Å². The minimum Gasteiger partial charge on any atom is -0.480 e. The average molecular weight is 259 g/mol. The van der Waals surface area contributed by atoms with E-state index in [2.05, 4.69) is 5.32 Å². The number of amides is 3. The van der Waals surface area contributed by atoms with E-state index in [0.29, 0.717) is 0 Å². The first-order valence-corrected chi connectivity index (χ1v) is 5.26. The predicted molar refractivity (Wildman–Crippen MR) is 61.3 cm³/mol. The molecule has 8 nitrogen and oxygen atoms in total. The van der Waals surface area contributed by atoms with Gasteiger partial charge in [-0.15, -0.1) is 0 Å². The number of rotatable bonds is 7. The third kappa shape index (κ3) is 6.46. The van der Waals surface area contributed by atoms with E-state index in [1.54, 1.807) is 0 Å². The highest BCUT2D eigenvalue weighted by Gasteiger charge is 2.21. The zero-order valence-corrected chi connectivity index (χ0v) is 10.3. The molecule has 0 aromatic heterocycles. The van der Waals surface area contributed by atoms with Gasteiger partial charge in [-0.3, -0.25) is 14.4 Å². The number of nitrogens with two attached hydrogens (primary N) is 1. The molecular formula is C10H17N3O5. The molecule has 0 radical (unpaired) electrons. The Labute approximate surface area is 104 Å². The molecule has 0 aromatic rings. The zero-order chi connectivity index (χ0) is 14.3. The maximum absolute atomic E-state index is 11.4. The molecule has 0 saturated carbocycles. The molecule has 0 aromatic carbocycles. The Hall–Kier alpha value is -2.12. The molecule has 0 bridgehead atoms. The van der Waals surface area contributed by atoms with Gasteiger partial charge in [0.25, 0.3) is 0 Å². The van der Waals surface area contributed by atoms with Crippen LogP contribution < -0.4 is 11.1 Å². The van der Waals surface area contributed by atoms with E-state index in [9.17, 15) is 19.2 Å². The highest BCUT2D eigenvalue weighted by Crippen LogP contribution is 1.97. The third-order valence-electron chi connectivity index (χ3n) is 2.23. The fourth-order valence-corrected chi connectivity index (χ4v) is 1.11. The largest absolute Gasteiger partial charge is 0.480 e. The van der Waals surface area contributed by atoms with E-state index in [1.807, 2.05) is 0 Å². The number of carbonyl (C=O) groups excluding carboxylic acids is 3. The second-order valence-corrected chi connectivity index (χ2v) is 3.84. The van der Waals surface area contributed by atoms with Crippen molar-refractivity contribution in [2.75, 3.05) is 13.6 Å². The first-order chi connectivity index (χ1) is 8.23. The fourth-order valence-electron chi connectivity index (χ4n) is 1.11. The van der Waals surface area contributed by atoms with Crippen LogP contribution in [0, 0.1) is 0 Å². The lowest BCUT2D eigenvalue weighted by molar-refractivity contribution is -0.142. The fraction of sp³-hybridized carbons (Fsp3) is 0.600. The van der Waals surface area contributed by atoms with Gasteiger partial charge in [-0.2, -0.15) is 0 Å². The molecule has 0 aliphatic rings. The summed E-state index contributed by atoms with van der Waals surface area (Å²) in [5.41, 5.74) is 4.89. The Balaban J connectivity index is 4.32. The SMILES string of the molecule is CC(=O)N(C)CC(=O)N[C@H](CCC(N)=O)C(=O)O. The monoisotopic (exact) mass is 259 g/mol. The van der Waals surface area contributed by atoms with Crippen molar-refractivity contribution in [1.82, 2.24) is 10.2 Å². The highest BCUT2D eigenvalue weighted by molar-refractivity contribution is 5.87. The summed E-state index contributed by atoms with van der Waals surface area (Å²) in [6.07, 6.45) is -0.222. The van der Waals surface area contributed by atoms with Gasteiger partial charge in [-0.1, -0.05) is 0 Å². The molecule has 18 heavy (non-hydrogen) atoms. The molecule has 3 amide bonds. The number of carboxylic acids is 1. The number of likely N-dealkylation sites (N-methyl/N-ethyl adjacent to an activating group) is 1. The summed E-state index contributed by atoms with van der Waals surface area (Å²) in [5.74, 6) is -2.81. The van der Waals surface area contributed by atoms with Crippen molar-refractivity contribution in [2.45, 2.75) is 25.8 Å². The Morgan fingerprint density at radius 2 is 1.89 bits per heavy atom. The average Bonchev–Trinajstić information content (AvgIpc) is 2.23. The van der Waals surface area contributed by atoms with Crippen LogP contribution in [0.2, 0.25) is 0 Å². The molecule has 0 aliphatic heterocycles. The Kier molecular flexibility index (Phi) is 6.40. The van der Waals surface area contributed by atoms with Crippen LogP contribution in [-0.2, 0) is 19.2 Å². The summed E-state index contributed by atoms with van der Waals surface area (Å²) in [5, 5.41) is 11.0. The van der Waals surface area contributed by atoms with E-state index in [4.69, 9.17) is 10.8 Å². The van der Waals surface area contributed by atoms with E-state index in [1.165, 1.54) is 14.0 Å². The van der Waals surface area contributed by atoms with Crippen molar-refractivity contribution in [2.24, 2.45) is 5.73 Å². The molecule has 0 unspecified atom stereocenters. The lowest BCUT2D eigenvalue weighted by atomic mass is 10.1. The van der Waals surface area contributed by atoms with Gasteiger partial charge < -0.3 is 21.1 Å². The molecule has 102 valence electrons. The number of aliphatic carboxylic acids is 1. The molecule has 0 spiro atoms.